The Labute approximate surface area is 133 Å². The van der Waals surface area contributed by atoms with Crippen molar-refractivity contribution in [2.45, 2.75) is 0 Å². The first-order valence-corrected chi connectivity index (χ1v) is 7.00. The second-order valence-electron chi connectivity index (χ2n) is 4.60. The quantitative estimate of drug-likeness (QED) is 0.416. The topological polar surface area (TPSA) is 34.9 Å². The van der Waals surface area contributed by atoms with Crippen molar-refractivity contribution in [3.63, 3.8) is 0 Å². The van der Waals surface area contributed by atoms with Gasteiger partial charge in [-0.1, -0.05) is 60.1 Å². The van der Waals surface area contributed by atoms with Crippen molar-refractivity contribution in [3.8, 4) is 29.3 Å². The van der Waals surface area contributed by atoms with E-state index in [1.807, 2.05) is 60.7 Å². The molecule has 22 heavy (non-hydrogen) atoms. The molecule has 106 valence electrons. The van der Waals surface area contributed by atoms with Crippen LogP contribution in [0.15, 0.2) is 60.7 Å². The standard InChI is InChI=1S/C18H11ClN2O/c1-2-15(22)16-17(13-9-5-3-6-10-13)20-21(18(16)19)14-11-7-4-8-12-14/h1,3-12H. The Bertz CT molecular complexity index is 861. The molecule has 0 amide bonds. The Balaban J connectivity index is 2.26. The van der Waals surface area contributed by atoms with Crippen LogP contribution in [0.5, 0.6) is 0 Å². The average Bonchev–Trinajstić information content (AvgIpc) is 2.93. The third kappa shape index (κ3) is 2.41. The number of para-hydroxylation sites is 1. The fraction of sp³-hybridized carbons (Fsp3) is 0. The van der Waals surface area contributed by atoms with Crippen LogP contribution in [0.25, 0.3) is 16.9 Å². The SMILES string of the molecule is C#CC(=O)c1c(-c2ccccc2)nn(-c2ccccc2)c1Cl. The lowest BCUT2D eigenvalue weighted by Crippen LogP contribution is -1.98. The minimum Gasteiger partial charge on any atom is -0.279 e. The van der Waals surface area contributed by atoms with Gasteiger partial charge in [-0.15, -0.1) is 6.42 Å². The van der Waals surface area contributed by atoms with Gasteiger partial charge in [-0.05, 0) is 18.1 Å². The van der Waals surface area contributed by atoms with Gasteiger partial charge < -0.3 is 0 Å². The number of terminal acetylenes is 1. The van der Waals surface area contributed by atoms with Crippen LogP contribution in [-0.4, -0.2) is 15.6 Å². The smallest absolute Gasteiger partial charge is 0.241 e. The average molecular weight is 307 g/mol. The highest BCUT2D eigenvalue weighted by Crippen LogP contribution is 2.31. The predicted octanol–water partition coefficient (Wildman–Crippen LogP) is 4.01. The molecule has 0 saturated carbocycles. The zero-order valence-electron chi connectivity index (χ0n) is 11.5. The van der Waals surface area contributed by atoms with Gasteiger partial charge in [0.2, 0.25) is 5.78 Å². The molecule has 2 aromatic carbocycles. The van der Waals surface area contributed by atoms with Crippen molar-refractivity contribution >= 4 is 17.4 Å². The van der Waals surface area contributed by atoms with E-state index in [1.165, 1.54) is 4.68 Å². The number of benzene rings is 2. The first-order chi connectivity index (χ1) is 10.7. The van der Waals surface area contributed by atoms with Crippen LogP contribution < -0.4 is 0 Å². The number of halogens is 1. The number of Topliss-reactive ketones (excluding diaryl/α,β-unsaturated/α-hetero) is 1. The number of carbonyl (C=O) groups is 1. The van der Waals surface area contributed by atoms with E-state index in [2.05, 4.69) is 11.0 Å². The highest BCUT2D eigenvalue weighted by Gasteiger charge is 2.23. The normalized spacial score (nSPS) is 10.2. The van der Waals surface area contributed by atoms with Crippen molar-refractivity contribution in [1.82, 2.24) is 9.78 Å². The summed E-state index contributed by atoms with van der Waals surface area (Å²) in [5, 5.41) is 4.70. The largest absolute Gasteiger partial charge is 0.279 e. The number of hydrogen-bond acceptors (Lipinski definition) is 2. The van der Waals surface area contributed by atoms with Crippen LogP contribution in [0.1, 0.15) is 10.4 Å². The molecule has 0 N–H and O–H groups in total. The highest BCUT2D eigenvalue weighted by molar-refractivity contribution is 6.35. The molecule has 3 rings (SSSR count). The van der Waals surface area contributed by atoms with Crippen molar-refractivity contribution in [2.24, 2.45) is 0 Å². The first kappa shape index (κ1) is 14.1. The second-order valence-corrected chi connectivity index (χ2v) is 4.96. The molecule has 1 aromatic heterocycles. The number of rotatable bonds is 3. The molecule has 0 spiro atoms. The van der Waals surface area contributed by atoms with E-state index >= 15 is 0 Å². The summed E-state index contributed by atoms with van der Waals surface area (Å²) in [6.45, 7) is 0. The number of ketones is 1. The van der Waals surface area contributed by atoms with E-state index in [9.17, 15) is 4.79 Å². The summed E-state index contributed by atoms with van der Waals surface area (Å²) in [7, 11) is 0. The van der Waals surface area contributed by atoms with Crippen LogP contribution in [0.4, 0.5) is 0 Å². The molecular formula is C18H11ClN2O. The predicted molar refractivity (Wildman–Crippen MR) is 87.2 cm³/mol. The van der Waals surface area contributed by atoms with Gasteiger partial charge in [0, 0.05) is 5.56 Å². The van der Waals surface area contributed by atoms with Crippen LogP contribution >= 0.6 is 11.6 Å². The summed E-state index contributed by atoms with van der Waals surface area (Å²) in [6.07, 6.45) is 5.27. The number of carbonyl (C=O) groups excluding carboxylic acids is 1. The minimum atomic E-state index is -0.481. The van der Waals surface area contributed by atoms with Crippen molar-refractivity contribution in [1.29, 1.82) is 0 Å². The van der Waals surface area contributed by atoms with Gasteiger partial charge in [0.1, 0.15) is 10.8 Å². The molecule has 4 heteroatoms. The second kappa shape index (κ2) is 5.88. The summed E-state index contributed by atoms with van der Waals surface area (Å²) in [5.74, 6) is 1.64. The molecule has 0 aliphatic carbocycles. The van der Waals surface area contributed by atoms with Gasteiger partial charge in [-0.3, -0.25) is 4.79 Å². The Kier molecular flexibility index (Phi) is 3.78. The maximum atomic E-state index is 12.1. The molecule has 0 atom stereocenters. The molecule has 0 aliphatic heterocycles. The number of aromatic nitrogens is 2. The van der Waals surface area contributed by atoms with E-state index in [0.29, 0.717) is 5.69 Å². The van der Waals surface area contributed by atoms with Crippen molar-refractivity contribution in [2.75, 3.05) is 0 Å². The first-order valence-electron chi connectivity index (χ1n) is 6.62. The molecule has 0 radical (unpaired) electrons. The zero-order valence-corrected chi connectivity index (χ0v) is 12.3. The Morgan fingerprint density at radius 1 is 1.05 bits per heavy atom. The van der Waals surface area contributed by atoms with Crippen molar-refractivity contribution in [3.05, 3.63) is 71.4 Å². The zero-order chi connectivity index (χ0) is 15.5. The monoisotopic (exact) mass is 306 g/mol. The molecule has 0 unspecified atom stereocenters. The molecule has 3 aromatic rings. The Morgan fingerprint density at radius 2 is 1.64 bits per heavy atom. The lowest BCUT2D eigenvalue weighted by molar-refractivity contribution is 0.105. The summed E-state index contributed by atoms with van der Waals surface area (Å²) in [4.78, 5) is 12.1. The molecule has 1 heterocycles. The summed E-state index contributed by atoms with van der Waals surface area (Å²) in [6, 6.07) is 18.7. The van der Waals surface area contributed by atoms with Gasteiger partial charge in [0.05, 0.1) is 11.3 Å². The van der Waals surface area contributed by atoms with E-state index < -0.39 is 5.78 Å². The lowest BCUT2D eigenvalue weighted by atomic mass is 10.1. The van der Waals surface area contributed by atoms with Crippen LogP contribution in [0.3, 0.4) is 0 Å². The maximum Gasteiger partial charge on any atom is 0.241 e. The third-order valence-electron chi connectivity index (χ3n) is 3.24. The molecule has 0 aliphatic rings. The third-order valence-corrected chi connectivity index (χ3v) is 3.58. The molecule has 3 nitrogen and oxygen atoms in total. The fourth-order valence-electron chi connectivity index (χ4n) is 2.21. The van der Waals surface area contributed by atoms with E-state index in [-0.39, 0.29) is 10.7 Å². The lowest BCUT2D eigenvalue weighted by Gasteiger charge is -2.01. The molecule has 0 bridgehead atoms. The summed E-state index contributed by atoms with van der Waals surface area (Å²) < 4.78 is 1.52. The Morgan fingerprint density at radius 3 is 2.23 bits per heavy atom. The minimum absolute atomic E-state index is 0.216. The van der Waals surface area contributed by atoms with Crippen LogP contribution in [0, 0.1) is 12.3 Å². The van der Waals surface area contributed by atoms with E-state index in [0.717, 1.165) is 11.3 Å². The highest BCUT2D eigenvalue weighted by atomic mass is 35.5. The van der Waals surface area contributed by atoms with Crippen LogP contribution in [0.2, 0.25) is 5.15 Å². The number of hydrogen-bond donors (Lipinski definition) is 0. The fourth-order valence-corrected chi connectivity index (χ4v) is 2.52. The van der Waals surface area contributed by atoms with Gasteiger partial charge in [-0.25, -0.2) is 4.68 Å². The van der Waals surface area contributed by atoms with Gasteiger partial charge in [-0.2, -0.15) is 5.10 Å². The van der Waals surface area contributed by atoms with Gasteiger partial charge in [0.15, 0.2) is 0 Å². The Hall–Kier alpha value is -2.83. The molecular weight excluding hydrogens is 296 g/mol. The summed E-state index contributed by atoms with van der Waals surface area (Å²) in [5.41, 5.74) is 2.29. The van der Waals surface area contributed by atoms with Crippen LogP contribution in [-0.2, 0) is 0 Å². The van der Waals surface area contributed by atoms with Gasteiger partial charge in [0.25, 0.3) is 0 Å². The van der Waals surface area contributed by atoms with E-state index in [1.54, 1.807) is 0 Å². The maximum absolute atomic E-state index is 12.1. The van der Waals surface area contributed by atoms with E-state index in [4.69, 9.17) is 18.0 Å². The molecule has 0 fully saturated rings. The van der Waals surface area contributed by atoms with Crippen molar-refractivity contribution < 1.29 is 4.79 Å². The molecule has 0 saturated heterocycles. The number of nitrogens with zero attached hydrogens (tertiary/aromatic N) is 2. The summed E-state index contributed by atoms with van der Waals surface area (Å²) >= 11 is 6.37. The van der Waals surface area contributed by atoms with Gasteiger partial charge >= 0.3 is 0 Å².